The van der Waals surface area contributed by atoms with E-state index < -0.39 is 0 Å². The van der Waals surface area contributed by atoms with E-state index in [2.05, 4.69) is 15.6 Å². The molecule has 7 nitrogen and oxygen atoms in total. The van der Waals surface area contributed by atoms with Crippen LogP contribution in [0.3, 0.4) is 0 Å². The van der Waals surface area contributed by atoms with Crippen molar-refractivity contribution in [3.63, 3.8) is 0 Å². The first kappa shape index (κ1) is 12.8. The van der Waals surface area contributed by atoms with Crippen LogP contribution in [0.2, 0.25) is 0 Å². The molecular formula is C14H19N5O2. The van der Waals surface area contributed by atoms with Gasteiger partial charge in [-0.25, -0.2) is 0 Å². The third kappa shape index (κ3) is 2.30. The summed E-state index contributed by atoms with van der Waals surface area (Å²) in [6.07, 6.45) is 5.91. The SMILES string of the molecule is Cn1cc(CN2C(=O)C(C3CC3)NC(=O)C2C2CC2)nn1. The summed E-state index contributed by atoms with van der Waals surface area (Å²) >= 11 is 0. The summed E-state index contributed by atoms with van der Waals surface area (Å²) in [4.78, 5) is 26.9. The van der Waals surface area contributed by atoms with Crippen molar-refractivity contribution in [2.45, 2.75) is 44.3 Å². The van der Waals surface area contributed by atoms with Gasteiger partial charge >= 0.3 is 0 Å². The molecule has 1 aliphatic heterocycles. The number of nitrogens with one attached hydrogen (secondary N) is 1. The molecule has 1 aromatic rings. The quantitative estimate of drug-likeness (QED) is 0.834. The summed E-state index contributed by atoms with van der Waals surface area (Å²) in [5, 5.41) is 10.9. The highest BCUT2D eigenvalue weighted by molar-refractivity contribution is 5.97. The minimum atomic E-state index is -0.329. The van der Waals surface area contributed by atoms with Gasteiger partial charge in [-0.1, -0.05) is 5.21 Å². The summed E-state index contributed by atoms with van der Waals surface area (Å²) in [5.41, 5.74) is 0.737. The number of aryl methyl sites for hydroxylation is 1. The van der Waals surface area contributed by atoms with Gasteiger partial charge in [0.1, 0.15) is 17.8 Å². The van der Waals surface area contributed by atoms with E-state index in [0.29, 0.717) is 18.4 Å². The van der Waals surface area contributed by atoms with Gasteiger partial charge in [-0.2, -0.15) is 0 Å². The lowest BCUT2D eigenvalue weighted by atomic mass is 10.0. The Morgan fingerprint density at radius 3 is 2.52 bits per heavy atom. The van der Waals surface area contributed by atoms with Crippen LogP contribution < -0.4 is 5.32 Å². The van der Waals surface area contributed by atoms with E-state index in [4.69, 9.17) is 0 Å². The molecule has 21 heavy (non-hydrogen) atoms. The Labute approximate surface area is 122 Å². The van der Waals surface area contributed by atoms with Crippen LogP contribution in [0, 0.1) is 11.8 Å². The van der Waals surface area contributed by atoms with Crippen molar-refractivity contribution in [1.82, 2.24) is 25.2 Å². The fraction of sp³-hybridized carbons (Fsp3) is 0.714. The topological polar surface area (TPSA) is 80.1 Å². The van der Waals surface area contributed by atoms with Crippen molar-refractivity contribution in [2.75, 3.05) is 0 Å². The zero-order valence-corrected chi connectivity index (χ0v) is 12.0. The van der Waals surface area contributed by atoms with Crippen LogP contribution in [0.1, 0.15) is 31.4 Å². The molecule has 3 fully saturated rings. The molecule has 3 aliphatic rings. The molecule has 1 N–H and O–H groups in total. The van der Waals surface area contributed by atoms with Gasteiger partial charge in [-0.3, -0.25) is 14.3 Å². The average molecular weight is 289 g/mol. The normalized spacial score (nSPS) is 29.7. The Morgan fingerprint density at radius 2 is 1.95 bits per heavy atom. The Balaban J connectivity index is 1.60. The average Bonchev–Trinajstić information content (AvgIpc) is 3.33. The van der Waals surface area contributed by atoms with Crippen molar-refractivity contribution >= 4 is 11.8 Å². The van der Waals surface area contributed by atoms with Crippen molar-refractivity contribution in [1.29, 1.82) is 0 Å². The maximum Gasteiger partial charge on any atom is 0.246 e. The second-order valence-electron chi connectivity index (χ2n) is 6.46. The van der Waals surface area contributed by atoms with E-state index in [1.54, 1.807) is 22.8 Å². The van der Waals surface area contributed by atoms with Crippen LogP contribution in [0.5, 0.6) is 0 Å². The number of rotatable bonds is 4. The molecule has 2 atom stereocenters. The number of piperazine rings is 1. The lowest BCUT2D eigenvalue weighted by Crippen LogP contribution is -2.64. The third-order valence-corrected chi connectivity index (χ3v) is 4.60. The van der Waals surface area contributed by atoms with E-state index in [1.807, 2.05) is 0 Å². The zero-order chi connectivity index (χ0) is 14.6. The molecular weight excluding hydrogens is 270 g/mol. The summed E-state index contributed by atoms with van der Waals surface area (Å²) in [5.74, 6) is 0.703. The first-order valence-corrected chi connectivity index (χ1v) is 7.59. The standard InChI is InChI=1S/C14H19N5O2/c1-18-6-10(16-17-18)7-19-12(9-4-5-9)13(20)15-11(14(19)21)8-2-3-8/h6,8-9,11-12H,2-5,7H2,1H3,(H,15,20). The molecule has 7 heteroatoms. The first-order chi connectivity index (χ1) is 10.1. The van der Waals surface area contributed by atoms with Crippen LogP contribution in [0.25, 0.3) is 0 Å². The Kier molecular flexibility index (Phi) is 2.77. The third-order valence-electron chi connectivity index (χ3n) is 4.60. The molecule has 2 heterocycles. The zero-order valence-electron chi connectivity index (χ0n) is 12.0. The molecule has 1 aromatic heterocycles. The maximum absolute atomic E-state index is 12.8. The summed E-state index contributed by atoms with van der Waals surface area (Å²) in [6.45, 7) is 0.379. The monoisotopic (exact) mass is 289 g/mol. The number of carbonyl (C=O) groups is 2. The van der Waals surface area contributed by atoms with Crippen LogP contribution >= 0.6 is 0 Å². The molecule has 0 spiro atoms. The second kappa shape index (κ2) is 4.54. The fourth-order valence-corrected chi connectivity index (χ4v) is 3.21. The highest BCUT2D eigenvalue weighted by atomic mass is 16.2. The molecule has 4 rings (SSSR count). The van der Waals surface area contributed by atoms with E-state index in [0.717, 1.165) is 31.4 Å². The predicted molar refractivity (Wildman–Crippen MR) is 72.7 cm³/mol. The van der Waals surface area contributed by atoms with Gasteiger partial charge in [0.05, 0.1) is 6.54 Å². The van der Waals surface area contributed by atoms with Crippen LogP contribution in [0.4, 0.5) is 0 Å². The van der Waals surface area contributed by atoms with E-state index in [-0.39, 0.29) is 23.9 Å². The van der Waals surface area contributed by atoms with Gasteiger partial charge in [-0.05, 0) is 37.5 Å². The minimum Gasteiger partial charge on any atom is -0.342 e. The minimum absolute atomic E-state index is 0.0119. The molecule has 0 radical (unpaired) electrons. The Morgan fingerprint density at radius 1 is 1.24 bits per heavy atom. The van der Waals surface area contributed by atoms with Crippen molar-refractivity contribution < 1.29 is 9.59 Å². The number of aromatic nitrogens is 3. The van der Waals surface area contributed by atoms with Gasteiger partial charge in [0.2, 0.25) is 11.8 Å². The highest BCUT2D eigenvalue weighted by Gasteiger charge is 2.51. The molecule has 2 saturated carbocycles. The first-order valence-electron chi connectivity index (χ1n) is 7.59. The van der Waals surface area contributed by atoms with E-state index >= 15 is 0 Å². The Hall–Kier alpha value is -1.92. The van der Waals surface area contributed by atoms with Gasteiger partial charge in [0.25, 0.3) is 0 Å². The number of hydrogen-bond donors (Lipinski definition) is 1. The van der Waals surface area contributed by atoms with Gasteiger partial charge in [-0.15, -0.1) is 5.10 Å². The molecule has 2 amide bonds. The molecule has 0 aromatic carbocycles. The van der Waals surface area contributed by atoms with Crippen molar-refractivity contribution in [2.24, 2.45) is 18.9 Å². The van der Waals surface area contributed by atoms with Crippen molar-refractivity contribution in [3.8, 4) is 0 Å². The summed E-state index contributed by atoms with van der Waals surface area (Å²) < 4.78 is 1.62. The summed E-state index contributed by atoms with van der Waals surface area (Å²) in [7, 11) is 1.80. The van der Waals surface area contributed by atoms with E-state index in [9.17, 15) is 9.59 Å². The number of hydrogen-bond acceptors (Lipinski definition) is 4. The van der Waals surface area contributed by atoms with Gasteiger partial charge in [0, 0.05) is 13.2 Å². The highest BCUT2D eigenvalue weighted by Crippen LogP contribution is 2.40. The predicted octanol–water partition coefficient (Wildman–Crippen LogP) is -0.169. The van der Waals surface area contributed by atoms with E-state index in [1.165, 1.54) is 0 Å². The van der Waals surface area contributed by atoms with Crippen LogP contribution in [-0.4, -0.2) is 43.8 Å². The summed E-state index contributed by atoms with van der Waals surface area (Å²) in [6, 6.07) is -0.654. The molecule has 2 aliphatic carbocycles. The second-order valence-corrected chi connectivity index (χ2v) is 6.46. The number of carbonyl (C=O) groups excluding carboxylic acids is 2. The molecule has 2 unspecified atom stereocenters. The van der Waals surface area contributed by atoms with Crippen LogP contribution in [-0.2, 0) is 23.2 Å². The lowest BCUT2D eigenvalue weighted by molar-refractivity contribution is -0.151. The Bertz CT molecular complexity index is 590. The molecule has 1 saturated heterocycles. The maximum atomic E-state index is 12.8. The van der Waals surface area contributed by atoms with Gasteiger partial charge < -0.3 is 10.2 Å². The lowest BCUT2D eigenvalue weighted by Gasteiger charge is -2.39. The number of amides is 2. The number of nitrogens with zero attached hydrogens (tertiary/aromatic N) is 4. The van der Waals surface area contributed by atoms with Crippen molar-refractivity contribution in [3.05, 3.63) is 11.9 Å². The fourth-order valence-electron chi connectivity index (χ4n) is 3.21. The van der Waals surface area contributed by atoms with Gasteiger partial charge in [0.15, 0.2) is 0 Å². The molecule has 112 valence electrons. The molecule has 0 bridgehead atoms. The van der Waals surface area contributed by atoms with Crippen LogP contribution in [0.15, 0.2) is 6.20 Å². The smallest absolute Gasteiger partial charge is 0.246 e. The largest absolute Gasteiger partial charge is 0.342 e.